The normalized spacial score (nSPS) is 10.0. The molecular formula is C15H12F2N2. The molecule has 2 aromatic carbocycles. The third kappa shape index (κ3) is 3.29. The van der Waals surface area contributed by atoms with Gasteiger partial charge in [-0.2, -0.15) is 5.26 Å². The molecule has 0 aliphatic rings. The van der Waals surface area contributed by atoms with E-state index in [9.17, 15) is 8.78 Å². The first-order valence-electron chi connectivity index (χ1n) is 5.75. The Hall–Kier alpha value is -2.41. The molecule has 0 unspecified atom stereocenters. The number of halogens is 2. The van der Waals surface area contributed by atoms with E-state index < -0.39 is 5.82 Å². The van der Waals surface area contributed by atoms with Crippen LogP contribution in [0.3, 0.4) is 0 Å². The van der Waals surface area contributed by atoms with Gasteiger partial charge in [-0.3, -0.25) is 0 Å². The Morgan fingerprint density at radius 1 is 1.05 bits per heavy atom. The number of hydrogen-bond donors (Lipinski definition) is 0. The van der Waals surface area contributed by atoms with Crippen LogP contribution < -0.4 is 4.90 Å². The van der Waals surface area contributed by atoms with E-state index in [1.54, 1.807) is 30.1 Å². The van der Waals surface area contributed by atoms with E-state index in [0.717, 1.165) is 5.56 Å². The molecule has 96 valence electrons. The second-order valence-corrected chi connectivity index (χ2v) is 4.29. The molecule has 0 fully saturated rings. The fraction of sp³-hybridized carbons (Fsp3) is 0.133. The van der Waals surface area contributed by atoms with Crippen LogP contribution in [0.2, 0.25) is 0 Å². The Morgan fingerprint density at radius 2 is 1.74 bits per heavy atom. The number of nitrogens with zero attached hydrogens (tertiary/aromatic N) is 2. The van der Waals surface area contributed by atoms with Crippen LogP contribution in [0.15, 0.2) is 42.5 Å². The standard InChI is InChI=1S/C15H12F2N2/c1-19(10-11-2-4-13(16)5-3-11)15-7-12(9-18)6-14(17)8-15/h2-8H,10H2,1H3. The maximum absolute atomic E-state index is 13.3. The minimum absolute atomic E-state index is 0.279. The summed E-state index contributed by atoms with van der Waals surface area (Å²) >= 11 is 0. The molecule has 0 atom stereocenters. The maximum atomic E-state index is 13.3. The van der Waals surface area contributed by atoms with Crippen molar-refractivity contribution in [2.75, 3.05) is 11.9 Å². The Kier molecular flexibility index (Phi) is 3.76. The Balaban J connectivity index is 2.20. The predicted octanol–water partition coefficient (Wildman–Crippen LogP) is 3.47. The van der Waals surface area contributed by atoms with Gasteiger partial charge in [0.15, 0.2) is 0 Å². The molecule has 0 saturated heterocycles. The zero-order valence-electron chi connectivity index (χ0n) is 10.4. The Labute approximate surface area is 110 Å². The zero-order valence-corrected chi connectivity index (χ0v) is 10.4. The SMILES string of the molecule is CN(Cc1ccc(F)cc1)c1cc(F)cc(C#N)c1. The van der Waals surface area contributed by atoms with E-state index >= 15 is 0 Å². The number of anilines is 1. The molecule has 0 heterocycles. The second-order valence-electron chi connectivity index (χ2n) is 4.29. The van der Waals surface area contributed by atoms with Gasteiger partial charge in [0.1, 0.15) is 11.6 Å². The number of nitriles is 1. The van der Waals surface area contributed by atoms with Crippen LogP contribution in [0.5, 0.6) is 0 Å². The van der Waals surface area contributed by atoms with Gasteiger partial charge in [-0.25, -0.2) is 8.78 Å². The molecule has 0 saturated carbocycles. The number of hydrogen-bond acceptors (Lipinski definition) is 2. The average molecular weight is 258 g/mol. The highest BCUT2D eigenvalue weighted by molar-refractivity contribution is 5.51. The smallest absolute Gasteiger partial charge is 0.126 e. The molecule has 0 N–H and O–H groups in total. The van der Waals surface area contributed by atoms with Gasteiger partial charge in [0.05, 0.1) is 11.6 Å². The second kappa shape index (κ2) is 5.49. The van der Waals surface area contributed by atoms with Gasteiger partial charge >= 0.3 is 0 Å². The molecule has 2 nitrogen and oxygen atoms in total. The highest BCUT2D eigenvalue weighted by atomic mass is 19.1. The minimum atomic E-state index is -0.444. The van der Waals surface area contributed by atoms with Crippen LogP contribution in [0.25, 0.3) is 0 Å². The van der Waals surface area contributed by atoms with Gasteiger partial charge in [0.2, 0.25) is 0 Å². The van der Waals surface area contributed by atoms with Crippen LogP contribution in [-0.4, -0.2) is 7.05 Å². The van der Waals surface area contributed by atoms with Crippen molar-refractivity contribution in [3.63, 3.8) is 0 Å². The summed E-state index contributed by atoms with van der Waals surface area (Å²) in [6.45, 7) is 0.509. The van der Waals surface area contributed by atoms with Gasteiger partial charge in [-0.05, 0) is 35.9 Å². The summed E-state index contributed by atoms with van der Waals surface area (Å²) in [5.41, 5.74) is 1.80. The van der Waals surface area contributed by atoms with Crippen LogP contribution in [0, 0.1) is 23.0 Å². The summed E-state index contributed by atoms with van der Waals surface area (Å²) in [7, 11) is 1.79. The molecule has 0 bridgehead atoms. The number of rotatable bonds is 3. The lowest BCUT2D eigenvalue weighted by molar-refractivity contribution is 0.626. The first-order valence-corrected chi connectivity index (χ1v) is 5.75. The molecule has 0 aromatic heterocycles. The fourth-order valence-electron chi connectivity index (χ4n) is 1.81. The van der Waals surface area contributed by atoms with Gasteiger partial charge in [-0.15, -0.1) is 0 Å². The van der Waals surface area contributed by atoms with E-state index in [0.29, 0.717) is 12.2 Å². The molecule has 0 amide bonds. The molecule has 0 radical (unpaired) electrons. The lowest BCUT2D eigenvalue weighted by atomic mass is 10.1. The monoisotopic (exact) mass is 258 g/mol. The number of benzene rings is 2. The molecule has 19 heavy (non-hydrogen) atoms. The van der Waals surface area contributed by atoms with E-state index in [-0.39, 0.29) is 11.4 Å². The quantitative estimate of drug-likeness (QED) is 0.842. The summed E-state index contributed by atoms with van der Waals surface area (Å²) in [6.07, 6.45) is 0. The Morgan fingerprint density at radius 3 is 2.37 bits per heavy atom. The van der Waals surface area contributed by atoms with Crippen LogP contribution in [-0.2, 0) is 6.54 Å². The predicted molar refractivity (Wildman–Crippen MR) is 69.6 cm³/mol. The van der Waals surface area contributed by atoms with Crippen molar-refractivity contribution in [1.29, 1.82) is 5.26 Å². The summed E-state index contributed by atoms with van der Waals surface area (Å²) < 4.78 is 26.1. The van der Waals surface area contributed by atoms with Crippen molar-refractivity contribution in [3.8, 4) is 6.07 Å². The van der Waals surface area contributed by atoms with E-state index in [4.69, 9.17) is 5.26 Å². The lowest BCUT2D eigenvalue weighted by Gasteiger charge is -2.19. The zero-order chi connectivity index (χ0) is 13.8. The highest BCUT2D eigenvalue weighted by Gasteiger charge is 2.06. The van der Waals surface area contributed by atoms with E-state index in [2.05, 4.69) is 0 Å². The fourth-order valence-corrected chi connectivity index (χ4v) is 1.81. The molecule has 0 spiro atoms. The lowest BCUT2D eigenvalue weighted by Crippen LogP contribution is -2.16. The van der Waals surface area contributed by atoms with Crippen LogP contribution in [0.4, 0.5) is 14.5 Å². The third-order valence-electron chi connectivity index (χ3n) is 2.79. The molecule has 0 aliphatic heterocycles. The Bertz CT molecular complexity index is 615. The third-order valence-corrected chi connectivity index (χ3v) is 2.79. The summed E-state index contributed by atoms with van der Waals surface area (Å²) in [5.74, 6) is -0.732. The van der Waals surface area contributed by atoms with Crippen molar-refractivity contribution < 1.29 is 8.78 Å². The van der Waals surface area contributed by atoms with Gasteiger partial charge in [0.25, 0.3) is 0 Å². The minimum Gasteiger partial charge on any atom is -0.370 e. The highest BCUT2D eigenvalue weighted by Crippen LogP contribution is 2.19. The van der Waals surface area contributed by atoms with Crippen molar-refractivity contribution in [2.24, 2.45) is 0 Å². The molecule has 0 aliphatic carbocycles. The van der Waals surface area contributed by atoms with Crippen LogP contribution in [0.1, 0.15) is 11.1 Å². The molecule has 2 aromatic rings. The van der Waals surface area contributed by atoms with Crippen molar-refractivity contribution in [3.05, 3.63) is 65.2 Å². The van der Waals surface area contributed by atoms with E-state index in [1.165, 1.54) is 24.3 Å². The van der Waals surface area contributed by atoms with E-state index in [1.807, 2.05) is 6.07 Å². The average Bonchev–Trinajstić information content (AvgIpc) is 2.40. The van der Waals surface area contributed by atoms with Crippen molar-refractivity contribution in [1.82, 2.24) is 0 Å². The summed E-state index contributed by atoms with van der Waals surface area (Å²) in [6, 6.07) is 12.2. The first-order chi connectivity index (χ1) is 9.08. The van der Waals surface area contributed by atoms with Crippen molar-refractivity contribution in [2.45, 2.75) is 6.54 Å². The summed E-state index contributed by atoms with van der Waals surface area (Å²) in [4.78, 5) is 1.80. The molecule has 2 rings (SSSR count). The summed E-state index contributed by atoms with van der Waals surface area (Å²) in [5, 5.41) is 8.81. The van der Waals surface area contributed by atoms with Crippen LogP contribution >= 0.6 is 0 Å². The molecule has 4 heteroatoms. The first kappa shape index (κ1) is 13.0. The topological polar surface area (TPSA) is 27.0 Å². The van der Waals surface area contributed by atoms with Gasteiger partial charge in [-0.1, -0.05) is 12.1 Å². The molecular weight excluding hydrogens is 246 g/mol. The van der Waals surface area contributed by atoms with Crippen molar-refractivity contribution >= 4 is 5.69 Å². The maximum Gasteiger partial charge on any atom is 0.126 e. The van der Waals surface area contributed by atoms with Gasteiger partial charge < -0.3 is 4.90 Å². The largest absolute Gasteiger partial charge is 0.370 e. The van der Waals surface area contributed by atoms with Gasteiger partial charge in [0, 0.05) is 19.3 Å².